The Morgan fingerprint density at radius 2 is 2.22 bits per heavy atom. The normalized spacial score (nSPS) is 10.5. The number of rotatable bonds is 4. The minimum Gasteiger partial charge on any atom is -0.468 e. The molecule has 0 radical (unpaired) electrons. The third-order valence-electron chi connectivity index (χ3n) is 1.93. The Kier molecular flexibility index (Phi) is 4.76. The summed E-state index contributed by atoms with van der Waals surface area (Å²) in [5.74, 6) is 0.859. The highest BCUT2D eigenvalue weighted by atomic mass is 79.9. The summed E-state index contributed by atoms with van der Waals surface area (Å²) in [6.45, 7) is 0. The van der Waals surface area contributed by atoms with E-state index in [0.717, 1.165) is 7.11 Å². The Hall–Kier alpha value is -1.52. The predicted molar refractivity (Wildman–Crippen MR) is 71.5 cm³/mol. The summed E-state index contributed by atoms with van der Waals surface area (Å²) in [7, 11) is -2.66. The van der Waals surface area contributed by atoms with Gasteiger partial charge in [0.1, 0.15) is 0 Å². The van der Waals surface area contributed by atoms with Crippen molar-refractivity contribution in [3.63, 3.8) is 0 Å². The molecular weight excluding hydrogens is 322 g/mol. The van der Waals surface area contributed by atoms with Crippen molar-refractivity contribution in [3.8, 4) is 12.3 Å². The molecule has 0 atom stereocenters. The third-order valence-corrected chi connectivity index (χ3v) is 3.75. The highest BCUT2D eigenvalue weighted by Gasteiger charge is 2.17. The van der Waals surface area contributed by atoms with Gasteiger partial charge in [-0.15, -0.1) is 6.42 Å². The average molecular weight is 332 g/mol. The van der Waals surface area contributed by atoms with Crippen LogP contribution in [-0.4, -0.2) is 27.2 Å². The molecule has 18 heavy (non-hydrogen) atoms. The van der Waals surface area contributed by atoms with E-state index in [4.69, 9.17) is 6.42 Å². The van der Waals surface area contributed by atoms with Gasteiger partial charge in [0.05, 0.1) is 7.11 Å². The zero-order valence-corrected chi connectivity index (χ0v) is 11.8. The van der Waals surface area contributed by atoms with Gasteiger partial charge in [-0.1, -0.05) is 5.92 Å². The second kappa shape index (κ2) is 5.89. The molecule has 0 saturated heterocycles. The molecule has 0 aliphatic carbocycles. The lowest BCUT2D eigenvalue weighted by molar-refractivity contribution is -0.137. The van der Waals surface area contributed by atoms with Gasteiger partial charge in [-0.25, -0.2) is 8.42 Å². The second-order valence-electron chi connectivity index (χ2n) is 3.28. The van der Waals surface area contributed by atoms with Gasteiger partial charge in [-0.05, 0) is 34.1 Å². The molecule has 96 valence electrons. The fraction of sp³-hybridized carbons (Fsp3) is 0.182. The molecule has 1 N–H and O–H groups in total. The smallest absolute Gasteiger partial charge is 0.322 e. The van der Waals surface area contributed by atoms with Crippen molar-refractivity contribution in [2.75, 3.05) is 17.6 Å². The first-order valence-corrected chi connectivity index (χ1v) is 7.16. The number of anilines is 1. The van der Waals surface area contributed by atoms with Crippen LogP contribution < -0.4 is 4.72 Å². The zero-order chi connectivity index (χ0) is 13.8. The Labute approximate surface area is 114 Å². The molecule has 0 saturated carbocycles. The Balaban J connectivity index is 2.89. The van der Waals surface area contributed by atoms with E-state index in [1.165, 1.54) is 12.1 Å². The number of methoxy groups -OCH3 is 1. The van der Waals surface area contributed by atoms with Gasteiger partial charge < -0.3 is 4.74 Å². The van der Waals surface area contributed by atoms with E-state index in [-0.39, 0.29) is 0 Å². The summed E-state index contributed by atoms with van der Waals surface area (Å²) in [5.41, 5.74) is 0.913. The van der Waals surface area contributed by atoms with Crippen LogP contribution in [0.5, 0.6) is 0 Å². The van der Waals surface area contributed by atoms with Crippen LogP contribution in [0, 0.1) is 12.3 Å². The number of terminal acetylenes is 1. The first kappa shape index (κ1) is 14.5. The molecule has 0 spiro atoms. The van der Waals surface area contributed by atoms with Crippen LogP contribution in [0.15, 0.2) is 22.7 Å². The third kappa shape index (κ3) is 4.05. The van der Waals surface area contributed by atoms with Gasteiger partial charge in [0.2, 0.25) is 10.0 Å². The number of halogens is 1. The fourth-order valence-electron chi connectivity index (χ4n) is 1.13. The SMILES string of the molecule is C#Cc1ccc(NS(=O)(=O)CC(=O)OC)cc1Br. The largest absolute Gasteiger partial charge is 0.468 e. The Morgan fingerprint density at radius 1 is 1.56 bits per heavy atom. The number of benzene rings is 1. The maximum Gasteiger partial charge on any atom is 0.322 e. The molecule has 0 amide bonds. The number of sulfonamides is 1. The van der Waals surface area contributed by atoms with E-state index < -0.39 is 21.7 Å². The van der Waals surface area contributed by atoms with Crippen LogP contribution in [0.4, 0.5) is 5.69 Å². The minimum atomic E-state index is -3.78. The molecule has 1 aromatic rings. The molecular formula is C11H10BrNO4S. The molecule has 0 aliphatic rings. The van der Waals surface area contributed by atoms with Gasteiger partial charge in [0, 0.05) is 15.7 Å². The highest BCUT2D eigenvalue weighted by Crippen LogP contribution is 2.21. The van der Waals surface area contributed by atoms with Gasteiger partial charge in [-0.3, -0.25) is 9.52 Å². The lowest BCUT2D eigenvalue weighted by Crippen LogP contribution is -2.23. The van der Waals surface area contributed by atoms with Crippen LogP contribution in [0.1, 0.15) is 5.56 Å². The summed E-state index contributed by atoms with van der Waals surface area (Å²) in [5, 5.41) is 0. The van der Waals surface area contributed by atoms with E-state index >= 15 is 0 Å². The standard InChI is InChI=1S/C11H10BrNO4S/c1-3-8-4-5-9(6-10(8)12)13-18(15,16)7-11(14)17-2/h1,4-6,13H,7H2,2H3. The quantitative estimate of drug-likeness (QED) is 0.667. The van der Waals surface area contributed by atoms with Crippen LogP contribution in [0.3, 0.4) is 0 Å². The number of hydrogen-bond acceptors (Lipinski definition) is 4. The van der Waals surface area contributed by atoms with Crippen molar-refractivity contribution < 1.29 is 17.9 Å². The Bertz CT molecular complexity index is 604. The maximum atomic E-state index is 11.6. The van der Waals surface area contributed by atoms with E-state index in [1.54, 1.807) is 6.07 Å². The predicted octanol–water partition coefficient (Wildman–Crippen LogP) is 1.35. The Morgan fingerprint density at radius 3 is 2.72 bits per heavy atom. The topological polar surface area (TPSA) is 72.5 Å². The molecule has 0 aliphatic heterocycles. The minimum absolute atomic E-state index is 0.310. The monoisotopic (exact) mass is 331 g/mol. The molecule has 0 aromatic heterocycles. The van der Waals surface area contributed by atoms with Gasteiger partial charge >= 0.3 is 5.97 Å². The number of carbonyl (C=O) groups is 1. The number of esters is 1. The van der Waals surface area contributed by atoms with Crippen LogP contribution in [0.25, 0.3) is 0 Å². The zero-order valence-electron chi connectivity index (χ0n) is 9.44. The lowest BCUT2D eigenvalue weighted by atomic mass is 10.2. The van der Waals surface area contributed by atoms with Gasteiger partial charge in [0.25, 0.3) is 0 Å². The van der Waals surface area contributed by atoms with Crippen molar-refractivity contribution in [3.05, 3.63) is 28.2 Å². The molecule has 1 rings (SSSR count). The lowest BCUT2D eigenvalue weighted by Gasteiger charge is -2.08. The van der Waals surface area contributed by atoms with Gasteiger partial charge in [0.15, 0.2) is 5.75 Å². The van der Waals surface area contributed by atoms with Crippen molar-refractivity contribution in [2.24, 2.45) is 0 Å². The van der Waals surface area contributed by atoms with E-state index in [1.807, 2.05) is 0 Å². The molecule has 1 aromatic carbocycles. The van der Waals surface area contributed by atoms with E-state index in [2.05, 4.69) is 31.3 Å². The molecule has 0 heterocycles. The molecule has 5 nitrogen and oxygen atoms in total. The van der Waals surface area contributed by atoms with Crippen molar-refractivity contribution >= 4 is 37.6 Å². The van der Waals surface area contributed by atoms with Crippen molar-refractivity contribution in [1.82, 2.24) is 0 Å². The number of hydrogen-bond donors (Lipinski definition) is 1. The van der Waals surface area contributed by atoms with Crippen LogP contribution >= 0.6 is 15.9 Å². The summed E-state index contributed by atoms with van der Waals surface area (Å²) >= 11 is 3.21. The second-order valence-corrected chi connectivity index (χ2v) is 5.85. The van der Waals surface area contributed by atoms with Crippen molar-refractivity contribution in [1.29, 1.82) is 0 Å². The van der Waals surface area contributed by atoms with Crippen LogP contribution in [0.2, 0.25) is 0 Å². The molecule has 0 fully saturated rings. The summed E-state index contributed by atoms with van der Waals surface area (Å²) < 4.78 is 30.3. The van der Waals surface area contributed by atoms with E-state index in [9.17, 15) is 13.2 Å². The number of carbonyl (C=O) groups excluding carboxylic acids is 1. The van der Waals surface area contributed by atoms with Crippen LogP contribution in [-0.2, 0) is 19.6 Å². The summed E-state index contributed by atoms with van der Waals surface area (Å²) in [4.78, 5) is 10.9. The molecule has 0 unspecified atom stereocenters. The summed E-state index contributed by atoms with van der Waals surface area (Å²) in [6.07, 6.45) is 5.23. The maximum absolute atomic E-state index is 11.6. The average Bonchev–Trinajstić information content (AvgIpc) is 2.27. The van der Waals surface area contributed by atoms with E-state index in [0.29, 0.717) is 15.7 Å². The first-order chi connectivity index (χ1) is 8.38. The first-order valence-electron chi connectivity index (χ1n) is 4.71. The number of nitrogens with one attached hydrogen (secondary N) is 1. The van der Waals surface area contributed by atoms with Crippen molar-refractivity contribution in [2.45, 2.75) is 0 Å². The fourth-order valence-corrected chi connectivity index (χ4v) is 2.61. The molecule has 7 heteroatoms. The number of ether oxygens (including phenoxy) is 1. The summed E-state index contributed by atoms with van der Waals surface area (Å²) in [6, 6.07) is 4.61. The van der Waals surface area contributed by atoms with Gasteiger partial charge in [-0.2, -0.15) is 0 Å². The highest BCUT2D eigenvalue weighted by molar-refractivity contribution is 9.10. The molecule has 0 bridgehead atoms.